The minimum atomic E-state index is 0.139. The molecule has 0 aliphatic rings. The molecule has 0 amide bonds. The Hall–Kier alpha value is -2.74. The molecule has 1 aromatic heterocycles. The average Bonchev–Trinajstić information content (AvgIpc) is 2.63. The Balaban J connectivity index is 2.38. The van der Waals surface area contributed by atoms with E-state index >= 15 is 0 Å². The van der Waals surface area contributed by atoms with Crippen LogP contribution in [-0.4, -0.2) is 12.1 Å². The van der Waals surface area contributed by atoms with Crippen molar-refractivity contribution in [3.63, 3.8) is 0 Å². The van der Waals surface area contributed by atoms with E-state index in [1.165, 1.54) is 0 Å². The summed E-state index contributed by atoms with van der Waals surface area (Å²) >= 11 is 12.4. The van der Waals surface area contributed by atoms with Crippen molar-refractivity contribution in [1.82, 2.24) is 4.98 Å². The number of para-hydroxylation sites is 1. The topological polar surface area (TPSA) is 71.9 Å². The fourth-order valence-electron chi connectivity index (χ4n) is 2.94. The van der Waals surface area contributed by atoms with E-state index in [-0.39, 0.29) is 5.82 Å². The van der Waals surface area contributed by atoms with Gasteiger partial charge in [-0.2, -0.15) is 5.26 Å². The summed E-state index contributed by atoms with van der Waals surface area (Å²) in [4.78, 5) is 4.43. The van der Waals surface area contributed by atoms with Gasteiger partial charge < -0.3 is 10.5 Å². The van der Waals surface area contributed by atoms with Gasteiger partial charge in [-0.1, -0.05) is 41.4 Å². The summed E-state index contributed by atoms with van der Waals surface area (Å²) in [6, 6.07) is 14.8. The molecule has 4 nitrogen and oxygen atoms in total. The maximum absolute atomic E-state index is 9.65. The lowest BCUT2D eigenvalue weighted by molar-refractivity contribution is 0.416. The van der Waals surface area contributed by atoms with Gasteiger partial charge in [-0.15, -0.1) is 0 Å². The molecule has 2 aromatic carbocycles. The summed E-state index contributed by atoms with van der Waals surface area (Å²) in [6.45, 7) is 1.88. The number of benzene rings is 2. The van der Waals surface area contributed by atoms with Gasteiger partial charge in [0.15, 0.2) is 0 Å². The maximum Gasteiger partial charge on any atom is 0.142 e. The second kappa shape index (κ2) is 7.25. The molecule has 0 saturated carbocycles. The Bertz CT molecular complexity index is 1040. The van der Waals surface area contributed by atoms with Gasteiger partial charge in [0, 0.05) is 21.7 Å². The van der Waals surface area contributed by atoms with Crippen molar-refractivity contribution >= 4 is 29.0 Å². The molecule has 0 spiro atoms. The molecule has 3 aromatic rings. The highest BCUT2D eigenvalue weighted by molar-refractivity contribution is 6.36. The quantitative estimate of drug-likeness (QED) is 0.648. The monoisotopic (exact) mass is 383 g/mol. The van der Waals surface area contributed by atoms with E-state index in [2.05, 4.69) is 11.1 Å². The van der Waals surface area contributed by atoms with Gasteiger partial charge in [0.1, 0.15) is 23.2 Å². The fraction of sp³-hybridized carbons (Fsp3) is 0.100. The lowest BCUT2D eigenvalue weighted by Crippen LogP contribution is -2.04. The zero-order chi connectivity index (χ0) is 18.8. The predicted octanol–water partition coefficient (Wildman–Crippen LogP) is 5.49. The number of halogens is 2. The van der Waals surface area contributed by atoms with E-state index in [1.807, 2.05) is 31.2 Å². The first-order valence-electron chi connectivity index (χ1n) is 7.77. The molecule has 0 aliphatic carbocycles. The van der Waals surface area contributed by atoms with Crippen LogP contribution in [0.3, 0.4) is 0 Å². The van der Waals surface area contributed by atoms with Crippen molar-refractivity contribution in [1.29, 1.82) is 5.26 Å². The first kappa shape index (κ1) is 18.1. The molecule has 0 saturated heterocycles. The number of pyridine rings is 1. The molecule has 0 fully saturated rings. The smallest absolute Gasteiger partial charge is 0.142 e. The van der Waals surface area contributed by atoms with Gasteiger partial charge >= 0.3 is 0 Å². The van der Waals surface area contributed by atoms with Crippen LogP contribution in [0.15, 0.2) is 42.5 Å². The number of methoxy groups -OCH3 is 1. The van der Waals surface area contributed by atoms with Gasteiger partial charge in [0.2, 0.25) is 0 Å². The van der Waals surface area contributed by atoms with Crippen LogP contribution in [0, 0.1) is 18.3 Å². The number of nitrogens with zero attached hydrogens (tertiary/aromatic N) is 2. The Morgan fingerprint density at radius 2 is 1.85 bits per heavy atom. The second-order valence-corrected chi connectivity index (χ2v) is 6.50. The summed E-state index contributed by atoms with van der Waals surface area (Å²) in [6.07, 6.45) is 0. The Labute approximate surface area is 161 Å². The Morgan fingerprint density at radius 3 is 2.50 bits per heavy atom. The molecule has 0 bridgehead atoms. The molecule has 0 atom stereocenters. The molecular formula is C20H15Cl2N3O. The minimum Gasteiger partial charge on any atom is -0.496 e. The van der Waals surface area contributed by atoms with Crippen LogP contribution in [0.4, 0.5) is 5.82 Å². The third-order valence-corrected chi connectivity index (χ3v) is 4.69. The molecular weight excluding hydrogens is 369 g/mol. The number of hydrogen-bond donors (Lipinski definition) is 1. The van der Waals surface area contributed by atoms with Gasteiger partial charge in [-0.05, 0) is 36.8 Å². The third-order valence-electron chi connectivity index (χ3n) is 4.14. The molecule has 0 unspecified atom stereocenters. The molecule has 2 N–H and O–H groups in total. The van der Waals surface area contributed by atoms with Crippen LogP contribution in [0.1, 0.15) is 11.1 Å². The fourth-order valence-corrected chi connectivity index (χ4v) is 3.44. The molecule has 130 valence electrons. The standard InChI is InChI=1S/C20H15Cl2N3O/c1-11-18(14-5-3-4-6-17(14)26-2)15(10-23)20(24)25-19(11)13-8-7-12(21)9-16(13)22/h3-9H,1-2H3,(H2,24,25). The number of hydrogen-bond acceptors (Lipinski definition) is 4. The molecule has 1 heterocycles. The van der Waals surface area contributed by atoms with Crippen LogP contribution in [0.25, 0.3) is 22.4 Å². The van der Waals surface area contributed by atoms with E-state index in [1.54, 1.807) is 25.3 Å². The largest absolute Gasteiger partial charge is 0.496 e. The Kier molecular flexibility index (Phi) is 5.03. The summed E-state index contributed by atoms with van der Waals surface area (Å²) in [7, 11) is 1.59. The van der Waals surface area contributed by atoms with E-state index in [0.29, 0.717) is 38.2 Å². The highest BCUT2D eigenvalue weighted by Gasteiger charge is 2.21. The van der Waals surface area contributed by atoms with E-state index in [0.717, 1.165) is 11.1 Å². The van der Waals surface area contributed by atoms with Crippen molar-refractivity contribution in [2.45, 2.75) is 6.92 Å². The first-order valence-corrected chi connectivity index (χ1v) is 8.52. The Morgan fingerprint density at radius 1 is 1.12 bits per heavy atom. The lowest BCUT2D eigenvalue weighted by atomic mass is 9.92. The van der Waals surface area contributed by atoms with Crippen molar-refractivity contribution in [2.24, 2.45) is 0 Å². The number of rotatable bonds is 3. The summed E-state index contributed by atoms with van der Waals surface area (Å²) in [5, 5.41) is 10.6. The van der Waals surface area contributed by atoms with E-state index < -0.39 is 0 Å². The highest BCUT2D eigenvalue weighted by atomic mass is 35.5. The molecule has 0 radical (unpaired) electrons. The van der Waals surface area contributed by atoms with Crippen LogP contribution in [0.5, 0.6) is 5.75 Å². The normalized spacial score (nSPS) is 10.4. The van der Waals surface area contributed by atoms with Gasteiger partial charge in [-0.3, -0.25) is 0 Å². The van der Waals surface area contributed by atoms with Crippen LogP contribution >= 0.6 is 23.2 Å². The predicted molar refractivity (Wildman–Crippen MR) is 106 cm³/mol. The van der Waals surface area contributed by atoms with Crippen molar-refractivity contribution in [3.8, 4) is 34.2 Å². The van der Waals surface area contributed by atoms with Gasteiger partial charge in [0.05, 0.1) is 17.8 Å². The zero-order valence-corrected chi connectivity index (χ0v) is 15.7. The number of nitrogen functional groups attached to an aromatic ring is 1. The highest BCUT2D eigenvalue weighted by Crippen LogP contribution is 2.41. The summed E-state index contributed by atoms with van der Waals surface area (Å²) in [5.74, 6) is 0.783. The van der Waals surface area contributed by atoms with Gasteiger partial charge in [-0.25, -0.2) is 4.98 Å². The molecule has 6 heteroatoms. The minimum absolute atomic E-state index is 0.139. The second-order valence-electron chi connectivity index (χ2n) is 5.66. The molecule has 26 heavy (non-hydrogen) atoms. The molecule has 3 rings (SSSR count). The summed E-state index contributed by atoms with van der Waals surface area (Å²) < 4.78 is 5.47. The van der Waals surface area contributed by atoms with Crippen LogP contribution in [0.2, 0.25) is 10.0 Å². The van der Waals surface area contributed by atoms with E-state index in [4.69, 9.17) is 33.7 Å². The third kappa shape index (κ3) is 3.08. The number of nitrogens with two attached hydrogens (primary N) is 1. The van der Waals surface area contributed by atoms with Crippen LogP contribution < -0.4 is 10.5 Å². The molecule has 0 aliphatic heterocycles. The first-order chi connectivity index (χ1) is 12.5. The van der Waals surface area contributed by atoms with Gasteiger partial charge in [0.25, 0.3) is 0 Å². The number of nitriles is 1. The average molecular weight is 384 g/mol. The zero-order valence-electron chi connectivity index (χ0n) is 14.2. The lowest BCUT2D eigenvalue weighted by Gasteiger charge is -2.17. The van der Waals surface area contributed by atoms with Crippen molar-refractivity contribution < 1.29 is 4.74 Å². The number of anilines is 1. The van der Waals surface area contributed by atoms with Crippen LogP contribution in [-0.2, 0) is 0 Å². The van der Waals surface area contributed by atoms with Crippen molar-refractivity contribution in [3.05, 3.63) is 63.6 Å². The SMILES string of the molecule is COc1ccccc1-c1c(C)c(-c2ccc(Cl)cc2Cl)nc(N)c1C#N. The summed E-state index contributed by atoms with van der Waals surface area (Å²) in [5.41, 5.74) is 9.94. The number of aromatic nitrogens is 1. The number of ether oxygens (including phenoxy) is 1. The van der Waals surface area contributed by atoms with E-state index in [9.17, 15) is 5.26 Å². The maximum atomic E-state index is 9.65. The van der Waals surface area contributed by atoms with Crippen molar-refractivity contribution in [2.75, 3.05) is 12.8 Å².